The van der Waals surface area contributed by atoms with E-state index in [0.29, 0.717) is 37.5 Å². The van der Waals surface area contributed by atoms with Gasteiger partial charge in [-0.15, -0.1) is 0 Å². The van der Waals surface area contributed by atoms with Gasteiger partial charge in [0.15, 0.2) is 12.1 Å². The molecular formula is C34H63N3O6. The van der Waals surface area contributed by atoms with Crippen molar-refractivity contribution in [1.29, 1.82) is 0 Å². The average Bonchev–Trinajstić information content (AvgIpc) is 2.95. The second-order valence-electron chi connectivity index (χ2n) is 14.9. The van der Waals surface area contributed by atoms with Gasteiger partial charge < -0.3 is 28.7 Å². The summed E-state index contributed by atoms with van der Waals surface area (Å²) in [5.74, 6) is 0.0382. The summed E-state index contributed by atoms with van der Waals surface area (Å²) in [6.45, 7) is 14.1. The van der Waals surface area contributed by atoms with Gasteiger partial charge in [-0.25, -0.2) is 0 Å². The van der Waals surface area contributed by atoms with Crippen LogP contribution in [0, 0.1) is 17.3 Å². The molecule has 250 valence electrons. The van der Waals surface area contributed by atoms with Gasteiger partial charge in [0.2, 0.25) is 0 Å². The molecule has 0 amide bonds. The lowest BCUT2D eigenvalue weighted by molar-refractivity contribution is -0.255. The summed E-state index contributed by atoms with van der Waals surface area (Å²) in [5.41, 5.74) is -2.05. The van der Waals surface area contributed by atoms with Crippen molar-refractivity contribution in [3.8, 4) is 0 Å². The molecule has 9 nitrogen and oxygen atoms in total. The molecule has 0 aromatic heterocycles. The quantitative estimate of drug-likeness (QED) is 0.304. The molecule has 0 unspecified atom stereocenters. The van der Waals surface area contributed by atoms with Crippen molar-refractivity contribution in [3.63, 3.8) is 0 Å². The molecular weight excluding hydrogens is 546 g/mol. The third-order valence-electron chi connectivity index (χ3n) is 10.9. The molecule has 2 saturated heterocycles. The smallest absolute Gasteiger partial charge is 0.319 e. The Balaban J connectivity index is 1.87. The monoisotopic (exact) mass is 609 g/mol. The third-order valence-corrected chi connectivity index (χ3v) is 10.9. The summed E-state index contributed by atoms with van der Waals surface area (Å²) < 4.78 is 25.2. The first kappa shape index (κ1) is 36.4. The fourth-order valence-electron chi connectivity index (χ4n) is 7.59. The van der Waals surface area contributed by atoms with Crippen LogP contribution in [0.3, 0.4) is 0 Å². The molecule has 7 atom stereocenters. The SMILES string of the molecule is CCN(C)C1CCC([C@H]2COC(=O)C(C)(C)C(=O)C[C@@H](O[C@H]3C[C@@H](N(C)C)C[C@@H](C)O3)[C@](C)(OC)C[C@@H](C)CN2C)CC1. The molecule has 0 aromatic rings. The van der Waals surface area contributed by atoms with Crippen molar-refractivity contribution >= 4 is 11.8 Å². The van der Waals surface area contributed by atoms with Crippen molar-refractivity contribution in [2.45, 2.75) is 135 Å². The molecule has 1 aliphatic carbocycles. The van der Waals surface area contributed by atoms with Crippen LogP contribution in [0.5, 0.6) is 0 Å². The van der Waals surface area contributed by atoms with Crippen LogP contribution in [-0.2, 0) is 28.5 Å². The summed E-state index contributed by atoms with van der Waals surface area (Å²) in [6, 6.07) is 1.04. The molecule has 3 aliphatic rings. The molecule has 0 bridgehead atoms. The van der Waals surface area contributed by atoms with Crippen LogP contribution in [0.15, 0.2) is 0 Å². The van der Waals surface area contributed by atoms with E-state index >= 15 is 0 Å². The predicted octanol–water partition coefficient (Wildman–Crippen LogP) is 4.61. The minimum Gasteiger partial charge on any atom is -0.463 e. The van der Waals surface area contributed by atoms with Crippen molar-refractivity contribution in [3.05, 3.63) is 0 Å². The topological polar surface area (TPSA) is 80.8 Å². The number of nitrogens with zero attached hydrogens (tertiary/aromatic N) is 3. The molecule has 3 fully saturated rings. The summed E-state index contributed by atoms with van der Waals surface area (Å²) in [7, 11) is 10.2. The van der Waals surface area contributed by atoms with Crippen molar-refractivity contribution in [1.82, 2.24) is 14.7 Å². The molecule has 1 saturated carbocycles. The highest BCUT2D eigenvalue weighted by molar-refractivity contribution is 6.03. The van der Waals surface area contributed by atoms with Gasteiger partial charge in [-0.05, 0) is 113 Å². The number of cyclic esters (lactones) is 1. The third kappa shape index (κ3) is 9.23. The Labute approximate surface area is 262 Å². The molecule has 0 spiro atoms. The number of esters is 1. The van der Waals surface area contributed by atoms with E-state index in [1.807, 2.05) is 6.92 Å². The lowest BCUT2D eigenvalue weighted by Crippen LogP contribution is -2.52. The number of rotatable bonds is 7. The Bertz CT molecular complexity index is 907. The van der Waals surface area contributed by atoms with Crippen LogP contribution in [-0.4, -0.2) is 124 Å². The van der Waals surface area contributed by atoms with Gasteiger partial charge in [0.25, 0.3) is 0 Å². The van der Waals surface area contributed by atoms with Gasteiger partial charge >= 0.3 is 5.97 Å². The van der Waals surface area contributed by atoms with Crippen LogP contribution in [0.2, 0.25) is 0 Å². The maximum Gasteiger partial charge on any atom is 0.319 e. The standard InChI is InChI=1S/C34H63N3O6/c1-12-36(9)26-15-13-25(14-16-26)28-22-41-32(39)33(4,5)29(38)19-30(34(6,40-11)20-23(2)21-37(28)10)43-31-18-27(35(7)8)17-24(3)42-31/h23-28,30-31H,12-22H2,1-11H3/t23-,24-,25?,26?,27+,28-,30-,31+,34-/m1/s1. The van der Waals surface area contributed by atoms with Crippen molar-refractivity contribution < 1.29 is 28.5 Å². The second kappa shape index (κ2) is 15.5. The van der Waals surface area contributed by atoms with Crippen LogP contribution in [0.1, 0.15) is 92.9 Å². The van der Waals surface area contributed by atoms with E-state index in [-0.39, 0.29) is 30.3 Å². The number of Topliss-reactive ketones (excluding diaryl/α,β-unsaturated/α-hetero) is 1. The number of likely N-dealkylation sites (N-methyl/N-ethyl adjacent to an activating group) is 1. The molecule has 2 heterocycles. The maximum absolute atomic E-state index is 13.9. The number of hydrogen-bond acceptors (Lipinski definition) is 9. The van der Waals surface area contributed by atoms with E-state index in [4.69, 9.17) is 18.9 Å². The predicted molar refractivity (Wildman–Crippen MR) is 170 cm³/mol. The van der Waals surface area contributed by atoms with Crippen LogP contribution in [0.25, 0.3) is 0 Å². The van der Waals surface area contributed by atoms with E-state index in [1.165, 1.54) is 0 Å². The van der Waals surface area contributed by atoms with Crippen molar-refractivity contribution in [2.24, 2.45) is 17.3 Å². The Morgan fingerprint density at radius 2 is 1.65 bits per heavy atom. The second-order valence-corrected chi connectivity index (χ2v) is 14.9. The first-order valence-electron chi connectivity index (χ1n) is 16.7. The zero-order chi connectivity index (χ0) is 32.1. The van der Waals surface area contributed by atoms with E-state index in [0.717, 1.165) is 45.2 Å². The molecule has 0 aromatic carbocycles. The summed E-state index contributed by atoms with van der Waals surface area (Å²) >= 11 is 0. The first-order valence-corrected chi connectivity index (χ1v) is 16.7. The highest BCUT2D eigenvalue weighted by Crippen LogP contribution is 2.37. The highest BCUT2D eigenvalue weighted by atomic mass is 16.7. The average molecular weight is 610 g/mol. The normalized spacial score (nSPS) is 39.2. The molecule has 0 radical (unpaired) electrons. The zero-order valence-corrected chi connectivity index (χ0v) is 29.2. The number of carbonyl (C=O) groups is 2. The van der Waals surface area contributed by atoms with Gasteiger partial charge in [0.1, 0.15) is 12.0 Å². The van der Waals surface area contributed by atoms with Gasteiger partial charge in [-0.2, -0.15) is 0 Å². The number of ketones is 1. The lowest BCUT2D eigenvalue weighted by atomic mass is 9.79. The van der Waals surface area contributed by atoms with Crippen molar-refractivity contribution in [2.75, 3.05) is 55.0 Å². The molecule has 43 heavy (non-hydrogen) atoms. The Morgan fingerprint density at radius 1 is 1.00 bits per heavy atom. The Morgan fingerprint density at radius 3 is 2.23 bits per heavy atom. The largest absolute Gasteiger partial charge is 0.463 e. The molecule has 9 heteroatoms. The van der Waals surface area contributed by atoms with Crippen LogP contribution < -0.4 is 0 Å². The number of methoxy groups -OCH3 is 1. The van der Waals surface area contributed by atoms with E-state index in [1.54, 1.807) is 21.0 Å². The zero-order valence-electron chi connectivity index (χ0n) is 29.2. The van der Waals surface area contributed by atoms with Crippen LogP contribution in [0.4, 0.5) is 0 Å². The fraction of sp³-hybridized carbons (Fsp3) is 0.941. The Hall–Kier alpha value is -1.10. The fourth-order valence-corrected chi connectivity index (χ4v) is 7.59. The number of hydrogen-bond donors (Lipinski definition) is 0. The summed E-state index contributed by atoms with van der Waals surface area (Å²) in [5, 5.41) is 0. The number of carbonyl (C=O) groups excluding carboxylic acids is 2. The van der Waals surface area contributed by atoms with E-state index in [2.05, 4.69) is 63.7 Å². The first-order chi connectivity index (χ1) is 20.1. The van der Waals surface area contributed by atoms with E-state index < -0.39 is 29.4 Å². The minimum absolute atomic E-state index is 0.0405. The lowest BCUT2D eigenvalue weighted by Gasteiger charge is -2.44. The molecule has 2 aliphatic heterocycles. The van der Waals surface area contributed by atoms with Gasteiger partial charge in [0, 0.05) is 44.6 Å². The maximum atomic E-state index is 13.9. The number of ether oxygens (including phenoxy) is 4. The summed E-state index contributed by atoms with van der Waals surface area (Å²) in [6.07, 6.45) is 5.93. The molecule has 0 N–H and O–H groups in total. The highest BCUT2D eigenvalue weighted by Gasteiger charge is 2.47. The van der Waals surface area contributed by atoms with Gasteiger partial charge in [0.05, 0.1) is 17.8 Å². The summed E-state index contributed by atoms with van der Waals surface area (Å²) in [4.78, 5) is 34.5. The van der Waals surface area contributed by atoms with Gasteiger partial charge in [-0.3, -0.25) is 14.5 Å². The van der Waals surface area contributed by atoms with Crippen LogP contribution >= 0.6 is 0 Å². The minimum atomic E-state index is -1.30. The van der Waals surface area contributed by atoms with Gasteiger partial charge in [-0.1, -0.05) is 13.8 Å². The molecule has 3 rings (SSSR count). The van der Waals surface area contributed by atoms with E-state index in [9.17, 15) is 9.59 Å². The Kier molecular flexibility index (Phi) is 13.1.